The number of benzene rings is 1. The summed E-state index contributed by atoms with van der Waals surface area (Å²) in [7, 11) is 1.77. The molecule has 0 bridgehead atoms. The maximum absolute atomic E-state index is 6.01. The second kappa shape index (κ2) is 12.3. The molecule has 3 rings (SSSR count). The Kier molecular flexibility index (Phi) is 10.0. The zero-order chi connectivity index (χ0) is 18.0. The molecule has 0 radical (unpaired) electrons. The van der Waals surface area contributed by atoms with Crippen LogP contribution in [-0.2, 0) is 4.74 Å². The van der Waals surface area contributed by atoms with E-state index < -0.39 is 0 Å². The summed E-state index contributed by atoms with van der Waals surface area (Å²) in [6.45, 7) is 2.82. The number of hydrogen-bond acceptors (Lipinski definition) is 4. The third-order valence-corrected chi connectivity index (χ3v) is 4.78. The number of guanidine groups is 1. The van der Waals surface area contributed by atoms with Crippen LogP contribution in [0.5, 0.6) is 11.5 Å². The predicted molar refractivity (Wildman–Crippen MR) is 120 cm³/mol. The Morgan fingerprint density at radius 3 is 2.56 bits per heavy atom. The molecule has 1 aliphatic carbocycles. The quantitative estimate of drug-likeness (QED) is 0.214. The molecule has 6 nitrogen and oxygen atoms in total. The molecule has 1 fully saturated rings. The van der Waals surface area contributed by atoms with Crippen molar-refractivity contribution >= 4 is 35.6 Å². The summed E-state index contributed by atoms with van der Waals surface area (Å²) < 4.78 is 17.4. The van der Waals surface area contributed by atoms with E-state index in [1.54, 1.807) is 7.05 Å². The van der Waals surface area contributed by atoms with E-state index in [-0.39, 0.29) is 24.0 Å². The van der Waals surface area contributed by atoms with E-state index >= 15 is 0 Å². The predicted octanol–water partition coefficient (Wildman–Crippen LogP) is 4.19. The van der Waals surface area contributed by atoms with Crippen LogP contribution < -0.4 is 20.1 Å². The highest BCUT2D eigenvalue weighted by molar-refractivity contribution is 14.0. The molecule has 7 heteroatoms. The van der Waals surface area contributed by atoms with Crippen LogP contribution in [0.15, 0.2) is 23.2 Å². The molecule has 152 valence electrons. The lowest BCUT2D eigenvalue weighted by atomic mass is 10.1. The van der Waals surface area contributed by atoms with Crippen molar-refractivity contribution < 1.29 is 14.2 Å². The number of nitrogens with zero attached hydrogens (tertiary/aromatic N) is 1. The number of anilines is 1. The van der Waals surface area contributed by atoms with Crippen LogP contribution in [-0.4, -0.2) is 45.5 Å². The molecular formula is C20H32IN3O3. The Morgan fingerprint density at radius 1 is 1.07 bits per heavy atom. The standard InChI is InChI=1S/C20H31N3O3.HI/c1-21-20(22-11-14-24-17-7-4-2-3-5-8-17)23-16-9-10-18-19(15-16)26-13-6-12-25-18;/h9-10,15,17H,2-8,11-14H2,1H3,(H2,21,22,23);1H. The minimum atomic E-state index is 0. The fourth-order valence-electron chi connectivity index (χ4n) is 3.36. The van der Waals surface area contributed by atoms with Crippen LogP contribution in [0.2, 0.25) is 0 Å². The third kappa shape index (κ3) is 7.37. The van der Waals surface area contributed by atoms with Gasteiger partial charge in [0.25, 0.3) is 0 Å². The van der Waals surface area contributed by atoms with Crippen molar-refractivity contribution in [3.05, 3.63) is 18.2 Å². The van der Waals surface area contributed by atoms with Gasteiger partial charge in [0.2, 0.25) is 0 Å². The third-order valence-electron chi connectivity index (χ3n) is 4.78. The molecule has 0 spiro atoms. The number of halogens is 1. The van der Waals surface area contributed by atoms with Gasteiger partial charge >= 0.3 is 0 Å². The van der Waals surface area contributed by atoms with Gasteiger partial charge in [-0.2, -0.15) is 0 Å². The molecule has 1 aromatic rings. The van der Waals surface area contributed by atoms with Gasteiger partial charge in [0.1, 0.15) is 0 Å². The van der Waals surface area contributed by atoms with Gasteiger partial charge in [-0.15, -0.1) is 24.0 Å². The maximum atomic E-state index is 6.01. The Morgan fingerprint density at radius 2 is 1.81 bits per heavy atom. The number of hydrogen-bond donors (Lipinski definition) is 2. The van der Waals surface area contributed by atoms with Gasteiger partial charge in [-0.1, -0.05) is 25.7 Å². The van der Waals surface area contributed by atoms with Gasteiger partial charge in [0.05, 0.1) is 25.9 Å². The van der Waals surface area contributed by atoms with E-state index in [4.69, 9.17) is 14.2 Å². The summed E-state index contributed by atoms with van der Waals surface area (Å²) in [5, 5.41) is 6.60. The van der Waals surface area contributed by atoms with Gasteiger partial charge in [-0.05, 0) is 25.0 Å². The number of aliphatic imine (C=N–C) groups is 1. The van der Waals surface area contributed by atoms with E-state index in [0.29, 0.717) is 25.9 Å². The van der Waals surface area contributed by atoms with Gasteiger partial charge < -0.3 is 24.8 Å². The summed E-state index contributed by atoms with van der Waals surface area (Å²) in [4.78, 5) is 4.28. The van der Waals surface area contributed by atoms with Crippen molar-refractivity contribution in [3.63, 3.8) is 0 Å². The van der Waals surface area contributed by atoms with Gasteiger partial charge in [-0.3, -0.25) is 4.99 Å². The second-order valence-corrected chi connectivity index (χ2v) is 6.82. The first-order valence-electron chi connectivity index (χ1n) is 9.84. The first-order valence-corrected chi connectivity index (χ1v) is 9.84. The summed E-state index contributed by atoms with van der Waals surface area (Å²) >= 11 is 0. The van der Waals surface area contributed by atoms with Crippen LogP contribution in [0.1, 0.15) is 44.9 Å². The lowest BCUT2D eigenvalue weighted by molar-refractivity contribution is 0.0469. The molecule has 27 heavy (non-hydrogen) atoms. The SMILES string of the molecule is CN=C(NCCOC1CCCCCC1)Nc1ccc2c(c1)OCCCO2.I. The first-order chi connectivity index (χ1) is 12.8. The summed E-state index contributed by atoms with van der Waals surface area (Å²) in [6, 6.07) is 5.86. The normalized spacial score (nSPS) is 18.0. The average molecular weight is 489 g/mol. The van der Waals surface area contributed by atoms with E-state index in [9.17, 15) is 0 Å². The minimum absolute atomic E-state index is 0. The average Bonchev–Trinajstić information content (AvgIpc) is 3.06. The smallest absolute Gasteiger partial charge is 0.195 e. The van der Waals surface area contributed by atoms with Crippen molar-refractivity contribution in [2.45, 2.75) is 51.0 Å². The molecule has 1 aliphatic heterocycles. The number of rotatable bonds is 5. The fraction of sp³-hybridized carbons (Fsp3) is 0.650. The minimum Gasteiger partial charge on any atom is -0.490 e. The van der Waals surface area contributed by atoms with Crippen LogP contribution in [0.25, 0.3) is 0 Å². The van der Waals surface area contributed by atoms with E-state index in [1.807, 2.05) is 18.2 Å². The van der Waals surface area contributed by atoms with Crippen molar-refractivity contribution in [2.75, 3.05) is 38.7 Å². The van der Waals surface area contributed by atoms with Gasteiger partial charge in [0.15, 0.2) is 17.5 Å². The lowest BCUT2D eigenvalue weighted by Gasteiger charge is -2.17. The molecule has 1 aromatic carbocycles. The number of ether oxygens (including phenoxy) is 3. The van der Waals surface area contributed by atoms with Gasteiger partial charge in [-0.25, -0.2) is 0 Å². The second-order valence-electron chi connectivity index (χ2n) is 6.82. The Hall–Kier alpha value is -1.22. The molecule has 2 aliphatic rings. The molecule has 0 saturated heterocycles. The number of fused-ring (bicyclic) bond motifs is 1. The Bertz CT molecular complexity index is 590. The van der Waals surface area contributed by atoms with Crippen LogP contribution in [0.3, 0.4) is 0 Å². The molecule has 0 atom stereocenters. The van der Waals surface area contributed by atoms with E-state index in [1.165, 1.54) is 38.5 Å². The first kappa shape index (κ1) is 22.1. The highest BCUT2D eigenvalue weighted by Crippen LogP contribution is 2.32. The summed E-state index contributed by atoms with van der Waals surface area (Å²) in [5.41, 5.74) is 0.923. The molecule has 0 unspecified atom stereocenters. The molecule has 2 N–H and O–H groups in total. The van der Waals surface area contributed by atoms with Crippen molar-refractivity contribution in [1.82, 2.24) is 5.32 Å². The van der Waals surface area contributed by atoms with Crippen LogP contribution in [0.4, 0.5) is 5.69 Å². The van der Waals surface area contributed by atoms with E-state index in [0.717, 1.165) is 36.1 Å². The Balaban J connectivity index is 0.00000261. The zero-order valence-electron chi connectivity index (χ0n) is 16.2. The molecule has 1 saturated carbocycles. The van der Waals surface area contributed by atoms with Crippen molar-refractivity contribution in [1.29, 1.82) is 0 Å². The number of nitrogens with one attached hydrogen (secondary N) is 2. The van der Waals surface area contributed by atoms with Crippen LogP contribution >= 0.6 is 24.0 Å². The maximum Gasteiger partial charge on any atom is 0.195 e. The topological polar surface area (TPSA) is 64.1 Å². The van der Waals surface area contributed by atoms with Crippen LogP contribution in [0, 0.1) is 0 Å². The lowest BCUT2D eigenvalue weighted by Crippen LogP contribution is -2.34. The largest absolute Gasteiger partial charge is 0.490 e. The molecule has 1 heterocycles. The monoisotopic (exact) mass is 489 g/mol. The molecule has 0 amide bonds. The Labute approximate surface area is 179 Å². The van der Waals surface area contributed by atoms with Gasteiger partial charge in [0, 0.05) is 31.8 Å². The molecule has 0 aromatic heterocycles. The zero-order valence-corrected chi connectivity index (χ0v) is 18.5. The highest BCUT2D eigenvalue weighted by atomic mass is 127. The van der Waals surface area contributed by atoms with Crippen molar-refractivity contribution in [2.24, 2.45) is 4.99 Å². The molecular weight excluding hydrogens is 457 g/mol. The van der Waals surface area contributed by atoms with E-state index in [2.05, 4.69) is 15.6 Å². The fourth-order valence-corrected chi connectivity index (χ4v) is 3.36. The van der Waals surface area contributed by atoms with Crippen molar-refractivity contribution in [3.8, 4) is 11.5 Å². The summed E-state index contributed by atoms with van der Waals surface area (Å²) in [6.07, 6.45) is 9.03. The highest BCUT2D eigenvalue weighted by Gasteiger charge is 2.13. The summed E-state index contributed by atoms with van der Waals surface area (Å²) in [5.74, 6) is 2.30.